The molecule has 0 atom stereocenters. The van der Waals surface area contributed by atoms with Crippen LogP contribution in [0.5, 0.6) is 5.88 Å². The van der Waals surface area contributed by atoms with E-state index < -0.39 is 0 Å². The Labute approximate surface area is 134 Å². The number of hydrogen-bond donors (Lipinski definition) is 0. The van der Waals surface area contributed by atoms with Crippen molar-refractivity contribution in [1.82, 2.24) is 9.88 Å². The molecule has 1 aromatic heterocycles. The van der Waals surface area contributed by atoms with Crippen LogP contribution in [0.15, 0.2) is 34.8 Å². The molecular weight excluding hydrogens is 328 g/mol. The molecule has 3 rings (SSSR count). The number of halogens is 1. The second-order valence-corrected chi connectivity index (χ2v) is 6.51. The summed E-state index contributed by atoms with van der Waals surface area (Å²) >= 11 is 3.48. The molecule has 0 saturated carbocycles. The Morgan fingerprint density at radius 3 is 2.81 bits per heavy atom. The third-order valence-electron chi connectivity index (χ3n) is 3.94. The van der Waals surface area contributed by atoms with E-state index in [-0.39, 0.29) is 0 Å². The minimum absolute atomic E-state index is 0.725. The maximum absolute atomic E-state index is 5.79. The molecule has 0 spiro atoms. The van der Waals surface area contributed by atoms with E-state index in [0.717, 1.165) is 40.8 Å². The molecule has 2 aromatic rings. The quantitative estimate of drug-likeness (QED) is 0.755. The summed E-state index contributed by atoms with van der Waals surface area (Å²) in [5, 5.41) is 1.13. The Morgan fingerprint density at radius 1 is 1.10 bits per heavy atom. The van der Waals surface area contributed by atoms with Crippen molar-refractivity contribution in [3.63, 3.8) is 0 Å². The molecule has 0 radical (unpaired) electrons. The summed E-state index contributed by atoms with van der Waals surface area (Å²) in [6.07, 6.45) is 5.16. The van der Waals surface area contributed by atoms with Gasteiger partial charge in [0.1, 0.15) is 0 Å². The zero-order valence-corrected chi connectivity index (χ0v) is 13.8. The number of likely N-dealkylation sites (tertiary alicyclic amines) is 1. The van der Waals surface area contributed by atoms with E-state index in [2.05, 4.69) is 37.9 Å². The number of nitrogens with zero attached hydrogens (tertiary/aromatic N) is 2. The van der Waals surface area contributed by atoms with Gasteiger partial charge in [-0.25, -0.2) is 4.98 Å². The Hall–Kier alpha value is -1.13. The summed E-state index contributed by atoms with van der Waals surface area (Å²) in [7, 11) is 0. The number of rotatable bonds is 5. The predicted octanol–water partition coefficient (Wildman–Crippen LogP) is 4.25. The number of hydrogen-bond acceptors (Lipinski definition) is 3. The number of benzene rings is 1. The monoisotopic (exact) mass is 348 g/mol. The molecule has 112 valence electrons. The summed E-state index contributed by atoms with van der Waals surface area (Å²) in [6.45, 7) is 4.39. The smallest absolute Gasteiger partial charge is 0.213 e. The summed E-state index contributed by atoms with van der Waals surface area (Å²) in [6, 6.07) is 10.1. The molecule has 1 saturated heterocycles. The van der Waals surface area contributed by atoms with Crippen LogP contribution in [0.2, 0.25) is 0 Å². The molecule has 21 heavy (non-hydrogen) atoms. The van der Waals surface area contributed by atoms with Crippen molar-refractivity contribution in [1.29, 1.82) is 0 Å². The van der Waals surface area contributed by atoms with Gasteiger partial charge in [-0.15, -0.1) is 0 Å². The van der Waals surface area contributed by atoms with Gasteiger partial charge in [0.2, 0.25) is 5.88 Å². The molecule has 1 aliphatic rings. The van der Waals surface area contributed by atoms with Crippen LogP contribution in [0.3, 0.4) is 0 Å². The average molecular weight is 349 g/mol. The Kier molecular flexibility index (Phi) is 5.09. The zero-order chi connectivity index (χ0) is 14.5. The average Bonchev–Trinajstić information content (AvgIpc) is 2.52. The predicted molar refractivity (Wildman–Crippen MR) is 89.8 cm³/mol. The zero-order valence-electron chi connectivity index (χ0n) is 12.2. The van der Waals surface area contributed by atoms with Gasteiger partial charge >= 0.3 is 0 Å². The van der Waals surface area contributed by atoms with Crippen LogP contribution in [0.4, 0.5) is 0 Å². The molecule has 1 aromatic carbocycles. The lowest BCUT2D eigenvalue weighted by Gasteiger charge is -2.26. The fraction of sp³-hybridized carbons (Fsp3) is 0.471. The highest BCUT2D eigenvalue weighted by atomic mass is 79.9. The maximum Gasteiger partial charge on any atom is 0.213 e. The first-order valence-electron chi connectivity index (χ1n) is 7.73. The minimum atomic E-state index is 0.725. The molecule has 4 heteroatoms. The molecule has 0 bridgehead atoms. The number of aromatic nitrogens is 1. The van der Waals surface area contributed by atoms with Crippen molar-refractivity contribution in [3.05, 3.63) is 34.8 Å². The van der Waals surface area contributed by atoms with E-state index >= 15 is 0 Å². The lowest BCUT2D eigenvalue weighted by molar-refractivity contribution is 0.203. The van der Waals surface area contributed by atoms with E-state index in [1.807, 2.05) is 18.2 Å². The molecule has 0 amide bonds. The van der Waals surface area contributed by atoms with Crippen molar-refractivity contribution in [2.45, 2.75) is 25.7 Å². The lowest BCUT2D eigenvalue weighted by atomic mass is 10.1. The van der Waals surface area contributed by atoms with Gasteiger partial charge < -0.3 is 9.64 Å². The molecular formula is C17H21BrN2O. The Bertz CT molecular complexity index is 596. The largest absolute Gasteiger partial charge is 0.478 e. The number of piperidine rings is 1. The molecule has 0 aliphatic carbocycles. The third kappa shape index (κ3) is 4.17. The minimum Gasteiger partial charge on any atom is -0.478 e. The van der Waals surface area contributed by atoms with Crippen LogP contribution in [0.1, 0.15) is 25.7 Å². The van der Waals surface area contributed by atoms with Crippen molar-refractivity contribution in [3.8, 4) is 5.88 Å². The second-order valence-electron chi connectivity index (χ2n) is 5.59. The van der Waals surface area contributed by atoms with Crippen molar-refractivity contribution >= 4 is 26.8 Å². The van der Waals surface area contributed by atoms with E-state index in [0.29, 0.717) is 0 Å². The van der Waals surface area contributed by atoms with Gasteiger partial charge in [0.25, 0.3) is 0 Å². The van der Waals surface area contributed by atoms with Crippen LogP contribution in [-0.2, 0) is 0 Å². The van der Waals surface area contributed by atoms with Crippen LogP contribution in [-0.4, -0.2) is 36.1 Å². The van der Waals surface area contributed by atoms with Crippen LogP contribution < -0.4 is 4.74 Å². The first-order valence-corrected chi connectivity index (χ1v) is 8.52. The van der Waals surface area contributed by atoms with Crippen molar-refractivity contribution in [2.24, 2.45) is 0 Å². The standard InChI is InChI=1S/C17H21BrN2O/c18-15-6-7-16-14(13-15)5-8-17(19-16)21-12-4-11-20-9-2-1-3-10-20/h5-8,13H,1-4,9-12H2. The van der Waals surface area contributed by atoms with Gasteiger partial charge in [0.05, 0.1) is 12.1 Å². The van der Waals surface area contributed by atoms with Crippen LogP contribution in [0, 0.1) is 0 Å². The second kappa shape index (κ2) is 7.23. The van der Waals surface area contributed by atoms with E-state index in [4.69, 9.17) is 4.74 Å². The summed E-state index contributed by atoms with van der Waals surface area (Å²) in [5.74, 6) is 0.725. The van der Waals surface area contributed by atoms with Crippen molar-refractivity contribution < 1.29 is 4.74 Å². The van der Waals surface area contributed by atoms with E-state index in [9.17, 15) is 0 Å². The topological polar surface area (TPSA) is 25.4 Å². The van der Waals surface area contributed by atoms with Gasteiger partial charge in [-0.2, -0.15) is 0 Å². The summed E-state index contributed by atoms with van der Waals surface area (Å²) in [5.41, 5.74) is 0.978. The van der Waals surface area contributed by atoms with Crippen molar-refractivity contribution in [2.75, 3.05) is 26.2 Å². The number of pyridine rings is 1. The normalized spacial score (nSPS) is 16.2. The highest BCUT2D eigenvalue weighted by Crippen LogP contribution is 2.21. The van der Waals surface area contributed by atoms with Gasteiger partial charge in [0, 0.05) is 22.5 Å². The molecule has 0 N–H and O–H groups in total. The van der Waals surface area contributed by atoms with Gasteiger partial charge in [-0.3, -0.25) is 0 Å². The molecule has 3 nitrogen and oxygen atoms in total. The van der Waals surface area contributed by atoms with Gasteiger partial charge in [-0.05, 0) is 56.6 Å². The molecule has 0 unspecified atom stereocenters. The third-order valence-corrected chi connectivity index (χ3v) is 4.44. The first-order chi connectivity index (χ1) is 10.3. The van der Waals surface area contributed by atoms with E-state index in [1.54, 1.807) is 0 Å². The molecule has 2 heterocycles. The first kappa shape index (κ1) is 14.8. The van der Waals surface area contributed by atoms with E-state index in [1.165, 1.54) is 32.4 Å². The van der Waals surface area contributed by atoms with Crippen LogP contribution >= 0.6 is 15.9 Å². The molecule has 1 fully saturated rings. The number of fused-ring (bicyclic) bond motifs is 1. The maximum atomic E-state index is 5.79. The summed E-state index contributed by atoms with van der Waals surface area (Å²) < 4.78 is 6.86. The number of ether oxygens (including phenoxy) is 1. The van der Waals surface area contributed by atoms with Gasteiger partial charge in [0.15, 0.2) is 0 Å². The van der Waals surface area contributed by atoms with Crippen LogP contribution in [0.25, 0.3) is 10.9 Å². The Morgan fingerprint density at radius 2 is 1.95 bits per heavy atom. The van der Waals surface area contributed by atoms with Gasteiger partial charge in [-0.1, -0.05) is 22.4 Å². The Balaban J connectivity index is 1.49. The highest BCUT2D eigenvalue weighted by Gasteiger charge is 2.09. The highest BCUT2D eigenvalue weighted by molar-refractivity contribution is 9.10. The summed E-state index contributed by atoms with van der Waals surface area (Å²) in [4.78, 5) is 7.08. The SMILES string of the molecule is Brc1ccc2nc(OCCCN3CCCCC3)ccc2c1. The fourth-order valence-corrected chi connectivity index (χ4v) is 3.18. The fourth-order valence-electron chi connectivity index (χ4n) is 2.81. The molecule has 1 aliphatic heterocycles. The lowest BCUT2D eigenvalue weighted by Crippen LogP contribution is -2.31.